The highest BCUT2D eigenvalue weighted by atomic mass is 19.1. The molecule has 0 saturated carbocycles. The molecule has 2 atom stereocenters. The van der Waals surface area contributed by atoms with Gasteiger partial charge in [0, 0.05) is 11.6 Å². The van der Waals surface area contributed by atoms with E-state index in [9.17, 15) is 22.8 Å². The molecule has 2 aromatic carbocycles. The summed E-state index contributed by atoms with van der Waals surface area (Å²) in [5.41, 5.74) is -0.283. The van der Waals surface area contributed by atoms with E-state index in [2.05, 4.69) is 10.6 Å². The molecule has 0 spiro atoms. The van der Waals surface area contributed by atoms with E-state index >= 15 is 0 Å². The topological polar surface area (TPSA) is 58.2 Å². The van der Waals surface area contributed by atoms with Crippen molar-refractivity contribution >= 4 is 11.8 Å². The SMILES string of the molecule is CC(Cc1c(F)cccc1F)NC(=O)C(NC(=O)c1ccccc1F)C(C)C. The highest BCUT2D eigenvalue weighted by Crippen LogP contribution is 2.15. The lowest BCUT2D eigenvalue weighted by Crippen LogP contribution is -2.52. The Morgan fingerprint density at radius 3 is 2.00 bits per heavy atom. The van der Waals surface area contributed by atoms with E-state index in [-0.39, 0.29) is 23.5 Å². The van der Waals surface area contributed by atoms with Crippen LogP contribution in [0.3, 0.4) is 0 Å². The quantitative estimate of drug-likeness (QED) is 0.756. The molecule has 28 heavy (non-hydrogen) atoms. The van der Waals surface area contributed by atoms with Crippen LogP contribution < -0.4 is 10.6 Å². The van der Waals surface area contributed by atoms with E-state index in [1.54, 1.807) is 20.8 Å². The van der Waals surface area contributed by atoms with Gasteiger partial charge in [0.2, 0.25) is 5.91 Å². The molecule has 0 aliphatic heterocycles. The Morgan fingerprint density at radius 1 is 0.857 bits per heavy atom. The summed E-state index contributed by atoms with van der Waals surface area (Å²) in [6.07, 6.45) is -0.0453. The van der Waals surface area contributed by atoms with Crippen molar-refractivity contribution in [3.05, 3.63) is 71.0 Å². The van der Waals surface area contributed by atoms with Gasteiger partial charge in [-0.15, -0.1) is 0 Å². The second-order valence-corrected chi connectivity index (χ2v) is 6.99. The summed E-state index contributed by atoms with van der Waals surface area (Å²) in [5.74, 6) is -3.56. The predicted molar refractivity (Wildman–Crippen MR) is 100 cm³/mol. The zero-order valence-corrected chi connectivity index (χ0v) is 15.9. The standard InChI is InChI=1S/C21H23F3N2O2/c1-12(2)19(26-20(27)14-7-4-5-8-16(14)22)21(28)25-13(3)11-15-17(23)9-6-10-18(15)24/h4-10,12-13,19H,11H2,1-3H3,(H,25,28)(H,26,27). The number of halogens is 3. The largest absolute Gasteiger partial charge is 0.352 e. The molecular weight excluding hydrogens is 369 g/mol. The van der Waals surface area contributed by atoms with Crippen LogP contribution in [0, 0.1) is 23.4 Å². The highest BCUT2D eigenvalue weighted by Gasteiger charge is 2.27. The van der Waals surface area contributed by atoms with Gasteiger partial charge in [-0.3, -0.25) is 9.59 Å². The van der Waals surface area contributed by atoms with Gasteiger partial charge in [0.1, 0.15) is 23.5 Å². The number of carbonyl (C=O) groups excluding carboxylic acids is 2. The zero-order valence-electron chi connectivity index (χ0n) is 15.9. The van der Waals surface area contributed by atoms with Crippen molar-refractivity contribution in [2.45, 2.75) is 39.3 Å². The maximum atomic E-state index is 13.8. The molecule has 2 rings (SSSR count). The molecule has 2 unspecified atom stereocenters. The summed E-state index contributed by atoms with van der Waals surface area (Å²) in [5, 5.41) is 5.18. The Morgan fingerprint density at radius 2 is 1.43 bits per heavy atom. The Balaban J connectivity index is 2.06. The van der Waals surface area contributed by atoms with Crippen molar-refractivity contribution in [2.24, 2.45) is 5.92 Å². The van der Waals surface area contributed by atoms with Crippen LogP contribution in [-0.2, 0) is 11.2 Å². The van der Waals surface area contributed by atoms with E-state index in [1.807, 2.05) is 0 Å². The van der Waals surface area contributed by atoms with Gasteiger partial charge in [0.25, 0.3) is 5.91 Å². The summed E-state index contributed by atoms with van der Waals surface area (Å²) >= 11 is 0. The fraction of sp³-hybridized carbons (Fsp3) is 0.333. The first-order valence-electron chi connectivity index (χ1n) is 8.99. The van der Waals surface area contributed by atoms with Gasteiger partial charge in [0.05, 0.1) is 5.56 Å². The number of amides is 2. The van der Waals surface area contributed by atoms with Gasteiger partial charge in [-0.2, -0.15) is 0 Å². The molecule has 0 heterocycles. The van der Waals surface area contributed by atoms with Crippen LogP contribution in [0.5, 0.6) is 0 Å². The number of hydrogen-bond donors (Lipinski definition) is 2. The van der Waals surface area contributed by atoms with Crippen molar-refractivity contribution in [2.75, 3.05) is 0 Å². The van der Waals surface area contributed by atoms with Crippen LogP contribution >= 0.6 is 0 Å². The molecular formula is C21H23F3N2O2. The summed E-state index contributed by atoms with van der Waals surface area (Å²) in [4.78, 5) is 24.9. The number of hydrogen-bond acceptors (Lipinski definition) is 2. The van der Waals surface area contributed by atoms with Crippen LogP contribution in [0.1, 0.15) is 36.7 Å². The molecule has 0 bridgehead atoms. The molecule has 4 nitrogen and oxygen atoms in total. The fourth-order valence-electron chi connectivity index (χ4n) is 2.82. The van der Waals surface area contributed by atoms with Crippen molar-refractivity contribution < 1.29 is 22.8 Å². The third kappa shape index (κ3) is 5.34. The van der Waals surface area contributed by atoms with E-state index in [0.717, 1.165) is 18.2 Å². The minimum atomic E-state index is -0.931. The first-order valence-corrected chi connectivity index (χ1v) is 8.99. The second kappa shape index (κ2) is 9.39. The minimum absolute atomic E-state index is 0.0453. The first-order chi connectivity index (χ1) is 13.2. The van der Waals surface area contributed by atoms with Crippen LogP contribution in [-0.4, -0.2) is 23.9 Å². The van der Waals surface area contributed by atoms with Crippen molar-refractivity contribution in [1.29, 1.82) is 0 Å². The minimum Gasteiger partial charge on any atom is -0.352 e. The van der Waals surface area contributed by atoms with E-state index < -0.39 is 41.3 Å². The molecule has 2 N–H and O–H groups in total. The maximum Gasteiger partial charge on any atom is 0.254 e. The molecule has 0 radical (unpaired) electrons. The predicted octanol–water partition coefficient (Wildman–Crippen LogP) is 3.61. The van der Waals surface area contributed by atoms with Crippen LogP contribution in [0.4, 0.5) is 13.2 Å². The van der Waals surface area contributed by atoms with Crippen LogP contribution in [0.25, 0.3) is 0 Å². The molecule has 0 saturated heterocycles. The van der Waals surface area contributed by atoms with E-state index in [4.69, 9.17) is 0 Å². The normalized spacial score (nSPS) is 13.1. The molecule has 2 aromatic rings. The fourth-order valence-corrected chi connectivity index (χ4v) is 2.82. The Labute approximate surface area is 162 Å². The Kier molecular flexibility index (Phi) is 7.20. The molecule has 0 fully saturated rings. The van der Waals surface area contributed by atoms with Crippen molar-refractivity contribution in [3.8, 4) is 0 Å². The van der Waals surface area contributed by atoms with Crippen molar-refractivity contribution in [1.82, 2.24) is 10.6 Å². The van der Waals surface area contributed by atoms with Crippen LogP contribution in [0.2, 0.25) is 0 Å². The molecule has 7 heteroatoms. The van der Waals surface area contributed by atoms with Gasteiger partial charge in [-0.1, -0.05) is 32.0 Å². The molecule has 0 aliphatic rings. The lowest BCUT2D eigenvalue weighted by molar-refractivity contribution is -0.124. The third-order valence-corrected chi connectivity index (χ3v) is 4.31. The summed E-state index contributed by atoms with van der Waals surface area (Å²) in [6.45, 7) is 5.07. The summed E-state index contributed by atoms with van der Waals surface area (Å²) in [6, 6.07) is 7.52. The zero-order chi connectivity index (χ0) is 20.8. The van der Waals surface area contributed by atoms with Gasteiger partial charge < -0.3 is 10.6 Å². The van der Waals surface area contributed by atoms with Gasteiger partial charge >= 0.3 is 0 Å². The maximum absolute atomic E-state index is 13.8. The smallest absolute Gasteiger partial charge is 0.254 e. The lowest BCUT2D eigenvalue weighted by Gasteiger charge is -2.24. The number of nitrogens with one attached hydrogen (secondary N) is 2. The van der Waals surface area contributed by atoms with Gasteiger partial charge in [-0.25, -0.2) is 13.2 Å². The summed E-state index contributed by atoms with van der Waals surface area (Å²) in [7, 11) is 0. The third-order valence-electron chi connectivity index (χ3n) is 4.31. The van der Waals surface area contributed by atoms with E-state index in [1.165, 1.54) is 24.3 Å². The van der Waals surface area contributed by atoms with Crippen LogP contribution in [0.15, 0.2) is 42.5 Å². The first kappa shape index (κ1) is 21.5. The molecule has 2 amide bonds. The molecule has 0 aliphatic carbocycles. The number of rotatable bonds is 7. The van der Waals surface area contributed by atoms with E-state index in [0.29, 0.717) is 0 Å². The average Bonchev–Trinajstić information content (AvgIpc) is 2.62. The monoisotopic (exact) mass is 392 g/mol. The summed E-state index contributed by atoms with van der Waals surface area (Å²) < 4.78 is 41.4. The number of carbonyl (C=O) groups is 2. The Bertz CT molecular complexity index is 835. The van der Waals surface area contributed by atoms with Gasteiger partial charge in [0.15, 0.2) is 0 Å². The lowest BCUT2D eigenvalue weighted by atomic mass is 10.0. The highest BCUT2D eigenvalue weighted by molar-refractivity contribution is 5.97. The molecule has 0 aromatic heterocycles. The second-order valence-electron chi connectivity index (χ2n) is 6.99. The number of benzene rings is 2. The molecule has 150 valence electrons. The van der Waals surface area contributed by atoms with Crippen molar-refractivity contribution in [3.63, 3.8) is 0 Å². The average molecular weight is 392 g/mol. The van der Waals surface area contributed by atoms with Gasteiger partial charge in [-0.05, 0) is 43.5 Å². The Hall–Kier alpha value is -2.83.